The molecule has 2 aromatic heterocycles. The Morgan fingerprint density at radius 2 is 2.22 bits per heavy atom. The second kappa shape index (κ2) is 8.28. The van der Waals surface area contributed by atoms with E-state index in [1.54, 1.807) is 10.8 Å². The third-order valence-electron chi connectivity index (χ3n) is 4.49. The largest absolute Gasteiger partial charge is 0.394 e. The van der Waals surface area contributed by atoms with E-state index >= 15 is 0 Å². The third-order valence-corrected chi connectivity index (χ3v) is 4.49. The number of aliphatic hydroxyl groups is 2. The highest BCUT2D eigenvalue weighted by Gasteiger charge is 2.35. The van der Waals surface area contributed by atoms with Crippen LogP contribution in [0.5, 0.6) is 0 Å². The Balaban J connectivity index is 1.95. The average molecular weight is 370 g/mol. The van der Waals surface area contributed by atoms with E-state index in [1.807, 2.05) is 0 Å². The lowest BCUT2D eigenvalue weighted by Gasteiger charge is -2.14. The number of terminal acetylenes is 1. The summed E-state index contributed by atoms with van der Waals surface area (Å²) in [6, 6.07) is 0. The molecule has 0 spiro atoms. The van der Waals surface area contributed by atoms with Gasteiger partial charge in [0.2, 0.25) is 5.95 Å². The van der Waals surface area contributed by atoms with Gasteiger partial charge in [-0.05, 0) is 12.8 Å². The number of aliphatic hydroxyl groups excluding tert-OH is 2. The zero-order chi connectivity index (χ0) is 19.4. The molecule has 3 unspecified atom stereocenters. The molecule has 0 saturated carbocycles. The molecule has 0 radical (unpaired) electrons. The molecule has 1 saturated heterocycles. The van der Waals surface area contributed by atoms with Crippen molar-refractivity contribution in [1.82, 2.24) is 14.5 Å². The second-order valence-electron chi connectivity index (χ2n) is 6.43. The Kier molecular flexibility index (Phi) is 5.82. The van der Waals surface area contributed by atoms with Gasteiger partial charge in [-0.2, -0.15) is 4.98 Å². The molecule has 1 aliphatic rings. The Labute approximate surface area is 156 Å². The van der Waals surface area contributed by atoms with Gasteiger partial charge in [-0.25, -0.2) is 0 Å². The number of aromatic nitrogens is 3. The molecule has 27 heavy (non-hydrogen) atoms. The summed E-state index contributed by atoms with van der Waals surface area (Å²) in [6.45, 7) is -0.294. The lowest BCUT2D eigenvalue weighted by atomic mass is 10.2. The Morgan fingerprint density at radius 1 is 1.44 bits per heavy atom. The van der Waals surface area contributed by atoms with Crippen LogP contribution in [0, 0.1) is 24.2 Å². The van der Waals surface area contributed by atoms with E-state index in [9.17, 15) is 15.0 Å². The van der Waals surface area contributed by atoms with Gasteiger partial charge in [0.05, 0.1) is 23.7 Å². The summed E-state index contributed by atoms with van der Waals surface area (Å²) < 4.78 is 7.32. The van der Waals surface area contributed by atoms with E-state index in [-0.39, 0.29) is 24.5 Å². The summed E-state index contributed by atoms with van der Waals surface area (Å²) in [5.74, 6) is 8.64. The normalized spacial score (nSPS) is 21.7. The first-order valence-corrected chi connectivity index (χ1v) is 8.82. The number of H-pyrrole nitrogens is 1. The highest BCUT2D eigenvalue weighted by atomic mass is 16.5. The van der Waals surface area contributed by atoms with Gasteiger partial charge in [0.15, 0.2) is 5.65 Å². The van der Waals surface area contributed by atoms with Crippen LogP contribution >= 0.6 is 0 Å². The Morgan fingerprint density at radius 3 is 2.93 bits per heavy atom. The number of nitrogen functional groups attached to an aromatic ring is 1. The van der Waals surface area contributed by atoms with E-state index < -0.39 is 18.4 Å². The topological polar surface area (TPSA) is 126 Å². The van der Waals surface area contributed by atoms with E-state index in [2.05, 4.69) is 27.7 Å². The van der Waals surface area contributed by atoms with Crippen molar-refractivity contribution in [2.45, 2.75) is 50.5 Å². The number of hydrogen-bond donors (Lipinski definition) is 4. The minimum Gasteiger partial charge on any atom is -0.394 e. The molecule has 1 aliphatic heterocycles. The Bertz CT molecular complexity index is 976. The van der Waals surface area contributed by atoms with Crippen LogP contribution in [0.1, 0.15) is 43.9 Å². The Hall–Kier alpha value is -2.78. The number of ether oxygens (including phenoxy) is 1. The molecule has 2 aromatic rings. The van der Waals surface area contributed by atoms with Gasteiger partial charge in [0.1, 0.15) is 12.3 Å². The molecule has 1 fully saturated rings. The summed E-state index contributed by atoms with van der Waals surface area (Å²) in [6.07, 6.45) is 8.29. The van der Waals surface area contributed by atoms with E-state index in [1.165, 1.54) is 0 Å². The van der Waals surface area contributed by atoms with Crippen LogP contribution in [-0.4, -0.2) is 43.6 Å². The maximum atomic E-state index is 12.4. The van der Waals surface area contributed by atoms with Crippen molar-refractivity contribution in [2.75, 3.05) is 12.3 Å². The number of rotatable bonds is 5. The van der Waals surface area contributed by atoms with Crippen LogP contribution < -0.4 is 11.3 Å². The monoisotopic (exact) mass is 370 g/mol. The van der Waals surface area contributed by atoms with Crippen LogP contribution in [0.25, 0.3) is 11.0 Å². The molecular formula is C19H22N4O4. The molecule has 3 atom stereocenters. The number of fused-ring (bicyclic) bond motifs is 1. The molecular weight excluding hydrogens is 348 g/mol. The van der Waals surface area contributed by atoms with Crippen LogP contribution in [0.2, 0.25) is 0 Å². The lowest BCUT2D eigenvalue weighted by Crippen LogP contribution is -2.24. The maximum Gasteiger partial charge on any atom is 0.263 e. The molecule has 0 bridgehead atoms. The fraction of sp³-hybridized carbons (Fsp3) is 0.474. The van der Waals surface area contributed by atoms with Crippen LogP contribution in [0.15, 0.2) is 11.0 Å². The minimum absolute atomic E-state index is 0.0158. The molecule has 0 aromatic carbocycles. The summed E-state index contributed by atoms with van der Waals surface area (Å²) in [5.41, 5.74) is 6.16. The number of anilines is 1. The van der Waals surface area contributed by atoms with Crippen molar-refractivity contribution in [1.29, 1.82) is 0 Å². The van der Waals surface area contributed by atoms with Crippen LogP contribution in [0.3, 0.4) is 0 Å². The summed E-state index contributed by atoms with van der Waals surface area (Å²) in [5, 5.41) is 19.6. The molecule has 8 heteroatoms. The SMILES string of the molecule is C#CCCCCC#Cc1cn(C2CC(O)C(CO)O2)c2nc(N)[nH]c(=O)c12. The van der Waals surface area contributed by atoms with Crippen molar-refractivity contribution in [3.8, 4) is 24.2 Å². The summed E-state index contributed by atoms with van der Waals surface area (Å²) in [4.78, 5) is 19.1. The molecule has 0 amide bonds. The molecule has 5 N–H and O–H groups in total. The number of hydrogen-bond acceptors (Lipinski definition) is 6. The van der Waals surface area contributed by atoms with Crippen molar-refractivity contribution in [3.63, 3.8) is 0 Å². The van der Waals surface area contributed by atoms with Gasteiger partial charge < -0.3 is 25.3 Å². The number of aromatic amines is 1. The molecule has 0 aliphatic carbocycles. The third kappa shape index (κ3) is 3.99. The highest BCUT2D eigenvalue weighted by Crippen LogP contribution is 2.32. The van der Waals surface area contributed by atoms with Crippen molar-refractivity contribution < 1.29 is 14.9 Å². The zero-order valence-electron chi connectivity index (χ0n) is 14.8. The molecule has 3 heterocycles. The average Bonchev–Trinajstić information content (AvgIpc) is 3.18. The van der Waals surface area contributed by atoms with Gasteiger partial charge in [-0.15, -0.1) is 12.3 Å². The number of nitrogens with one attached hydrogen (secondary N) is 1. The summed E-state index contributed by atoms with van der Waals surface area (Å²) in [7, 11) is 0. The molecule has 142 valence electrons. The van der Waals surface area contributed by atoms with Gasteiger partial charge in [0.25, 0.3) is 5.56 Å². The maximum absolute atomic E-state index is 12.4. The lowest BCUT2D eigenvalue weighted by molar-refractivity contribution is -0.0430. The van der Waals surface area contributed by atoms with Crippen molar-refractivity contribution >= 4 is 17.0 Å². The molecule has 8 nitrogen and oxygen atoms in total. The summed E-state index contributed by atoms with van der Waals surface area (Å²) >= 11 is 0. The predicted molar refractivity (Wildman–Crippen MR) is 101 cm³/mol. The van der Waals surface area contributed by atoms with Gasteiger partial charge >= 0.3 is 0 Å². The van der Waals surface area contributed by atoms with Gasteiger partial charge in [-0.3, -0.25) is 9.78 Å². The fourth-order valence-electron chi connectivity index (χ4n) is 3.14. The minimum atomic E-state index is -0.803. The van der Waals surface area contributed by atoms with E-state index in [0.717, 1.165) is 19.3 Å². The van der Waals surface area contributed by atoms with Gasteiger partial charge in [0, 0.05) is 25.5 Å². The second-order valence-corrected chi connectivity index (χ2v) is 6.43. The number of nitrogens with two attached hydrogens (primary N) is 1. The first kappa shape index (κ1) is 19.0. The standard InChI is InChI=1S/C19H22N4O4/c1-2-3-4-5-6-7-8-12-10-23(15-9-13(25)14(11-24)27-15)17-16(12)18(26)22-19(20)21-17/h1,10,13-15,24-25H,3-6,9,11H2,(H3,20,21,22,26). The van der Waals surface area contributed by atoms with Crippen molar-refractivity contribution in [2.24, 2.45) is 0 Å². The van der Waals surface area contributed by atoms with Gasteiger partial charge in [-0.1, -0.05) is 11.8 Å². The highest BCUT2D eigenvalue weighted by molar-refractivity contribution is 5.83. The molecule has 3 rings (SSSR count). The zero-order valence-corrected chi connectivity index (χ0v) is 14.8. The van der Waals surface area contributed by atoms with E-state index in [0.29, 0.717) is 23.0 Å². The number of unbranched alkanes of at least 4 members (excludes halogenated alkanes) is 3. The van der Waals surface area contributed by atoms with Crippen molar-refractivity contribution in [3.05, 3.63) is 22.1 Å². The van der Waals surface area contributed by atoms with Crippen LogP contribution in [-0.2, 0) is 4.74 Å². The first-order valence-electron chi connectivity index (χ1n) is 8.82. The van der Waals surface area contributed by atoms with E-state index in [4.69, 9.17) is 16.9 Å². The first-order chi connectivity index (χ1) is 13.0. The smallest absolute Gasteiger partial charge is 0.263 e. The number of nitrogens with zero attached hydrogens (tertiary/aromatic N) is 2. The quantitative estimate of drug-likeness (QED) is 0.448. The van der Waals surface area contributed by atoms with Crippen LogP contribution in [0.4, 0.5) is 5.95 Å². The fourth-order valence-corrected chi connectivity index (χ4v) is 3.14. The predicted octanol–water partition coefficient (Wildman–Crippen LogP) is 0.493.